The summed E-state index contributed by atoms with van der Waals surface area (Å²) in [5.41, 5.74) is 2.85. The second-order valence-corrected chi connectivity index (χ2v) is 8.73. The lowest BCUT2D eigenvalue weighted by molar-refractivity contribution is -0.729. The smallest absolute Gasteiger partial charge is 0.320 e. The molecule has 7 nitrogen and oxygen atoms in total. The lowest BCUT2D eigenvalue weighted by Crippen LogP contribution is -2.15. The summed E-state index contributed by atoms with van der Waals surface area (Å²) in [7, 11) is 0. The van der Waals surface area contributed by atoms with E-state index in [1.807, 2.05) is 53.9 Å². The standard InChI is InChI=1S/C24H16N4O3S2/c25-14-18-17(16-7-2-1-3-8-16)13-20(22-11-6-12-32-22)27-24(18)33-15-23(29)26-19-9-4-5-10-21(19)28(30)31/h1-13H,15H2,(H-,26,29,30,31)/p+1. The van der Waals surface area contributed by atoms with Crippen LogP contribution < -0.4 is 5.32 Å². The van der Waals surface area contributed by atoms with Gasteiger partial charge in [0.2, 0.25) is 5.91 Å². The van der Waals surface area contributed by atoms with Gasteiger partial charge < -0.3 is 5.32 Å². The number of amides is 1. The molecular formula is C24H17N4O3S2+. The molecular weight excluding hydrogens is 456 g/mol. The first-order chi connectivity index (χ1) is 16.1. The number of benzene rings is 2. The Labute approximate surface area is 197 Å². The fourth-order valence-corrected chi connectivity index (χ4v) is 4.69. The van der Waals surface area contributed by atoms with Gasteiger partial charge in [-0.15, -0.1) is 11.3 Å². The normalized spacial score (nSPS) is 10.4. The van der Waals surface area contributed by atoms with Crippen LogP contribution in [0.2, 0.25) is 0 Å². The SMILES string of the molecule is N#Cc1c(-c2ccccc2)cc(-c2cccs2)nc1SCC(=O)Nc1ccccc1[N+](=O)O. The molecule has 0 saturated carbocycles. The molecule has 162 valence electrons. The van der Waals surface area contributed by atoms with Crippen LogP contribution in [0.5, 0.6) is 0 Å². The summed E-state index contributed by atoms with van der Waals surface area (Å²) < 4.78 is 0. The highest BCUT2D eigenvalue weighted by Gasteiger charge is 2.21. The number of hydrogen-bond donors (Lipinski definition) is 2. The van der Waals surface area contributed by atoms with E-state index in [-0.39, 0.29) is 22.1 Å². The van der Waals surface area contributed by atoms with Crippen molar-refractivity contribution in [1.29, 1.82) is 5.26 Å². The fourth-order valence-electron chi connectivity index (χ4n) is 3.20. The zero-order valence-corrected chi connectivity index (χ0v) is 18.8. The first-order valence-corrected chi connectivity index (χ1v) is 11.7. The maximum atomic E-state index is 12.6. The van der Waals surface area contributed by atoms with Crippen molar-refractivity contribution in [3.63, 3.8) is 0 Å². The van der Waals surface area contributed by atoms with Crippen LogP contribution in [0.15, 0.2) is 83.2 Å². The number of carbonyl (C=O) groups excluding carboxylic acids is 1. The molecule has 0 bridgehead atoms. The Kier molecular flexibility index (Phi) is 6.78. The number of nitrogens with one attached hydrogen (secondary N) is 1. The molecule has 0 aliphatic rings. The predicted octanol–water partition coefficient (Wildman–Crippen LogP) is 5.88. The van der Waals surface area contributed by atoms with Gasteiger partial charge >= 0.3 is 5.69 Å². The lowest BCUT2D eigenvalue weighted by atomic mass is 10.0. The highest BCUT2D eigenvalue weighted by molar-refractivity contribution is 8.00. The molecule has 0 atom stereocenters. The van der Waals surface area contributed by atoms with E-state index in [1.54, 1.807) is 23.5 Å². The minimum atomic E-state index is -0.400. The maximum absolute atomic E-state index is 12.6. The average Bonchev–Trinajstić information content (AvgIpc) is 3.38. The van der Waals surface area contributed by atoms with Gasteiger partial charge in [-0.1, -0.05) is 60.3 Å². The van der Waals surface area contributed by atoms with Crippen molar-refractivity contribution in [1.82, 2.24) is 4.98 Å². The van der Waals surface area contributed by atoms with E-state index in [0.717, 1.165) is 33.5 Å². The number of nitriles is 1. The monoisotopic (exact) mass is 473 g/mol. The van der Waals surface area contributed by atoms with Crippen LogP contribution in [-0.4, -0.2) is 26.8 Å². The van der Waals surface area contributed by atoms with Crippen LogP contribution in [0.4, 0.5) is 11.4 Å². The van der Waals surface area contributed by atoms with Gasteiger partial charge in [0.15, 0.2) is 0 Å². The van der Waals surface area contributed by atoms with E-state index >= 15 is 0 Å². The topological polar surface area (TPSA) is 106 Å². The maximum Gasteiger partial charge on any atom is 0.339 e. The van der Waals surface area contributed by atoms with Crippen LogP contribution in [0.1, 0.15) is 5.56 Å². The fraction of sp³-hybridized carbons (Fsp3) is 0.0417. The quantitative estimate of drug-likeness (QED) is 0.256. The molecule has 33 heavy (non-hydrogen) atoms. The van der Waals surface area contributed by atoms with Crippen molar-refractivity contribution in [2.45, 2.75) is 5.03 Å². The molecule has 1 amide bonds. The number of thiophene rings is 1. The zero-order chi connectivity index (χ0) is 23.2. The number of nitrogens with zero attached hydrogens (tertiary/aromatic N) is 3. The summed E-state index contributed by atoms with van der Waals surface area (Å²) in [6, 6.07) is 23.7. The van der Waals surface area contributed by atoms with Crippen LogP contribution in [0.25, 0.3) is 21.7 Å². The van der Waals surface area contributed by atoms with Crippen LogP contribution in [0, 0.1) is 16.2 Å². The number of rotatable bonds is 7. The van der Waals surface area contributed by atoms with Gasteiger partial charge in [-0.05, 0) is 29.1 Å². The van der Waals surface area contributed by atoms with Gasteiger partial charge in [0.25, 0.3) is 4.92 Å². The van der Waals surface area contributed by atoms with Crippen LogP contribution in [0.3, 0.4) is 0 Å². The third-order valence-corrected chi connectivity index (χ3v) is 6.55. The largest absolute Gasteiger partial charge is 0.339 e. The molecule has 9 heteroatoms. The molecule has 0 unspecified atom stereocenters. The summed E-state index contributed by atoms with van der Waals surface area (Å²) in [6.07, 6.45) is 0. The van der Waals surface area contributed by atoms with E-state index in [0.29, 0.717) is 10.6 Å². The molecule has 2 N–H and O–H groups in total. The van der Waals surface area contributed by atoms with E-state index < -0.39 is 5.91 Å². The number of carbonyl (C=O) groups is 1. The van der Waals surface area contributed by atoms with Gasteiger partial charge in [-0.2, -0.15) is 5.26 Å². The number of anilines is 1. The van der Waals surface area contributed by atoms with E-state index in [2.05, 4.69) is 16.4 Å². The van der Waals surface area contributed by atoms with Crippen molar-refractivity contribution >= 4 is 40.4 Å². The van der Waals surface area contributed by atoms with E-state index in [4.69, 9.17) is 0 Å². The van der Waals surface area contributed by atoms with E-state index in [1.165, 1.54) is 12.1 Å². The number of thioether (sulfide) groups is 1. The van der Waals surface area contributed by atoms with Gasteiger partial charge in [0.1, 0.15) is 16.8 Å². The summed E-state index contributed by atoms with van der Waals surface area (Å²) in [4.78, 5) is 29.2. The number of hydrogen-bond acceptors (Lipinski definition) is 6. The first kappa shape index (κ1) is 22.2. The van der Waals surface area contributed by atoms with Gasteiger partial charge in [-0.25, -0.2) is 10.2 Å². The van der Waals surface area contributed by atoms with Crippen molar-refractivity contribution in [2.75, 3.05) is 11.1 Å². The summed E-state index contributed by atoms with van der Waals surface area (Å²) in [6.45, 7) is 0. The predicted molar refractivity (Wildman–Crippen MR) is 129 cm³/mol. The van der Waals surface area contributed by atoms with Crippen LogP contribution in [-0.2, 0) is 4.79 Å². The zero-order valence-electron chi connectivity index (χ0n) is 17.1. The molecule has 0 fully saturated rings. The minimum Gasteiger partial charge on any atom is -0.320 e. The molecule has 2 aromatic heterocycles. The Balaban J connectivity index is 1.65. The third kappa shape index (κ3) is 5.09. The Morgan fingerprint density at radius 1 is 1.12 bits per heavy atom. The molecule has 0 aliphatic heterocycles. The van der Waals surface area contributed by atoms with Crippen molar-refractivity contribution in [2.24, 2.45) is 0 Å². The highest BCUT2D eigenvalue weighted by Crippen LogP contribution is 2.35. The highest BCUT2D eigenvalue weighted by atomic mass is 32.2. The van der Waals surface area contributed by atoms with Gasteiger partial charge in [0.05, 0.1) is 26.8 Å². The second-order valence-electron chi connectivity index (χ2n) is 6.82. The number of aromatic nitrogens is 1. The molecule has 2 aromatic carbocycles. The molecule has 0 saturated heterocycles. The minimum absolute atomic E-state index is 0.0393. The molecule has 2 heterocycles. The Bertz CT molecular complexity index is 1350. The van der Waals surface area contributed by atoms with Crippen molar-refractivity contribution in [3.05, 3.63) is 88.6 Å². The number of pyridine rings is 1. The van der Waals surface area contributed by atoms with Gasteiger partial charge in [-0.3, -0.25) is 4.79 Å². The van der Waals surface area contributed by atoms with Crippen molar-refractivity contribution in [3.8, 4) is 27.8 Å². The molecule has 4 rings (SSSR count). The summed E-state index contributed by atoms with van der Waals surface area (Å²) in [5.74, 6) is -0.439. The summed E-state index contributed by atoms with van der Waals surface area (Å²) in [5, 5.41) is 24.2. The molecule has 0 aliphatic carbocycles. The Morgan fingerprint density at radius 3 is 2.58 bits per heavy atom. The molecule has 0 radical (unpaired) electrons. The Hall–Kier alpha value is -4.00. The second kappa shape index (κ2) is 10.1. The van der Waals surface area contributed by atoms with E-state index in [9.17, 15) is 20.2 Å². The average molecular weight is 474 g/mol. The van der Waals surface area contributed by atoms with Crippen LogP contribution >= 0.6 is 23.1 Å². The number of para-hydroxylation sites is 2. The third-order valence-electron chi connectivity index (χ3n) is 4.68. The van der Waals surface area contributed by atoms with Crippen molar-refractivity contribution < 1.29 is 14.9 Å². The molecule has 0 spiro atoms. The van der Waals surface area contributed by atoms with Gasteiger partial charge in [0, 0.05) is 11.6 Å². The lowest BCUT2D eigenvalue weighted by Gasteiger charge is -2.12. The summed E-state index contributed by atoms with van der Waals surface area (Å²) >= 11 is 2.68. The Morgan fingerprint density at radius 2 is 1.88 bits per heavy atom. The first-order valence-electron chi connectivity index (χ1n) is 9.79. The molecule has 4 aromatic rings.